The van der Waals surface area contributed by atoms with Crippen molar-refractivity contribution in [2.75, 3.05) is 6.54 Å². The molecule has 0 unspecified atom stereocenters. The number of aromatic nitrogens is 2. The Kier molecular flexibility index (Phi) is 4.59. The SMILES string of the molecule is CC(=NCCCCc1[nH]c(=O)[nH]c1O)NO. The van der Waals surface area contributed by atoms with Gasteiger partial charge in [-0.25, -0.2) is 4.79 Å². The third-order valence-corrected chi connectivity index (χ3v) is 2.13. The molecule has 1 aromatic heterocycles. The van der Waals surface area contributed by atoms with Crippen molar-refractivity contribution < 1.29 is 10.3 Å². The summed E-state index contributed by atoms with van der Waals surface area (Å²) in [6.45, 7) is 2.25. The average Bonchev–Trinajstić information content (AvgIpc) is 2.56. The predicted molar refractivity (Wildman–Crippen MR) is 58.9 cm³/mol. The van der Waals surface area contributed by atoms with Crippen molar-refractivity contribution >= 4 is 5.84 Å². The van der Waals surface area contributed by atoms with E-state index in [4.69, 9.17) is 5.21 Å². The highest BCUT2D eigenvalue weighted by Gasteiger charge is 2.04. The summed E-state index contributed by atoms with van der Waals surface area (Å²) in [5.41, 5.74) is 2.07. The van der Waals surface area contributed by atoms with Crippen LogP contribution >= 0.6 is 0 Å². The van der Waals surface area contributed by atoms with Gasteiger partial charge in [-0.15, -0.1) is 0 Å². The Balaban J connectivity index is 2.26. The van der Waals surface area contributed by atoms with Gasteiger partial charge in [-0.3, -0.25) is 20.7 Å². The number of hydrogen-bond acceptors (Lipinski definition) is 4. The number of rotatable bonds is 5. The topological polar surface area (TPSA) is 114 Å². The van der Waals surface area contributed by atoms with E-state index >= 15 is 0 Å². The number of aliphatic imine (C=N–C) groups is 1. The molecule has 90 valence electrons. The third-order valence-electron chi connectivity index (χ3n) is 2.13. The molecule has 0 saturated carbocycles. The van der Waals surface area contributed by atoms with Crippen molar-refractivity contribution in [3.63, 3.8) is 0 Å². The molecule has 0 fully saturated rings. The van der Waals surface area contributed by atoms with Crippen LogP contribution in [-0.2, 0) is 6.42 Å². The van der Waals surface area contributed by atoms with Crippen LogP contribution in [0.1, 0.15) is 25.5 Å². The van der Waals surface area contributed by atoms with E-state index in [1.54, 1.807) is 6.92 Å². The summed E-state index contributed by atoms with van der Waals surface area (Å²) in [6.07, 6.45) is 2.20. The standard InChI is InChI=1S/C9H16N4O3/c1-6(13-16)10-5-3-2-4-7-8(14)12-9(15)11-7/h14,16H,2-5H2,1H3,(H,10,13)(H2,11,12,15). The Labute approximate surface area is 92.2 Å². The maximum atomic E-state index is 10.8. The maximum Gasteiger partial charge on any atom is 0.325 e. The first-order chi connectivity index (χ1) is 7.63. The zero-order valence-corrected chi connectivity index (χ0v) is 9.08. The largest absolute Gasteiger partial charge is 0.493 e. The summed E-state index contributed by atoms with van der Waals surface area (Å²) in [5, 5.41) is 17.7. The number of aryl methyl sites for hydroxylation is 1. The van der Waals surface area contributed by atoms with Gasteiger partial charge in [0.1, 0.15) is 5.84 Å². The molecule has 7 nitrogen and oxygen atoms in total. The first-order valence-electron chi connectivity index (χ1n) is 5.04. The second kappa shape index (κ2) is 5.96. The summed E-state index contributed by atoms with van der Waals surface area (Å²) < 4.78 is 0. The van der Waals surface area contributed by atoms with E-state index in [2.05, 4.69) is 15.0 Å². The number of nitrogens with zero attached hydrogens (tertiary/aromatic N) is 1. The van der Waals surface area contributed by atoms with Crippen molar-refractivity contribution in [2.24, 2.45) is 4.99 Å². The molecular formula is C9H16N4O3. The number of aromatic hydroxyl groups is 1. The van der Waals surface area contributed by atoms with Crippen molar-refractivity contribution in [3.8, 4) is 5.88 Å². The van der Waals surface area contributed by atoms with Gasteiger partial charge in [-0.1, -0.05) is 0 Å². The number of aromatic amines is 2. The zero-order valence-electron chi connectivity index (χ0n) is 9.08. The van der Waals surface area contributed by atoms with Gasteiger partial charge in [-0.05, 0) is 26.2 Å². The number of hydroxylamine groups is 1. The molecule has 16 heavy (non-hydrogen) atoms. The highest BCUT2D eigenvalue weighted by atomic mass is 16.5. The van der Waals surface area contributed by atoms with Gasteiger partial charge >= 0.3 is 5.69 Å². The Hall–Kier alpha value is -1.76. The highest BCUT2D eigenvalue weighted by Crippen LogP contribution is 2.10. The monoisotopic (exact) mass is 228 g/mol. The van der Waals surface area contributed by atoms with E-state index < -0.39 is 5.69 Å². The molecule has 1 aromatic rings. The van der Waals surface area contributed by atoms with Crippen LogP contribution < -0.4 is 11.2 Å². The van der Waals surface area contributed by atoms with Gasteiger partial charge in [0.25, 0.3) is 0 Å². The molecule has 0 aliphatic carbocycles. The smallest absolute Gasteiger partial charge is 0.325 e. The van der Waals surface area contributed by atoms with Crippen LogP contribution in [0.15, 0.2) is 9.79 Å². The molecule has 7 heteroatoms. The molecule has 0 saturated heterocycles. The molecule has 0 bridgehead atoms. The van der Waals surface area contributed by atoms with Crippen molar-refractivity contribution in [2.45, 2.75) is 26.2 Å². The van der Waals surface area contributed by atoms with Crippen LogP contribution in [0.3, 0.4) is 0 Å². The summed E-state index contributed by atoms with van der Waals surface area (Å²) in [7, 11) is 0. The summed E-state index contributed by atoms with van der Waals surface area (Å²) in [5.74, 6) is 0.375. The summed E-state index contributed by atoms with van der Waals surface area (Å²) in [4.78, 5) is 19.6. The Morgan fingerprint density at radius 1 is 1.44 bits per heavy atom. The van der Waals surface area contributed by atoms with Crippen LogP contribution in [0.25, 0.3) is 0 Å². The van der Waals surface area contributed by atoms with Crippen LogP contribution in [-0.4, -0.2) is 32.7 Å². The van der Waals surface area contributed by atoms with Crippen LogP contribution in [0, 0.1) is 0 Å². The maximum absolute atomic E-state index is 10.8. The molecule has 0 spiro atoms. The Bertz CT molecular complexity index is 407. The Morgan fingerprint density at radius 3 is 2.75 bits per heavy atom. The number of hydrogen-bond donors (Lipinski definition) is 5. The highest BCUT2D eigenvalue weighted by molar-refractivity contribution is 5.78. The van der Waals surface area contributed by atoms with E-state index in [9.17, 15) is 9.90 Å². The van der Waals surface area contributed by atoms with Gasteiger partial charge in [0.15, 0.2) is 0 Å². The van der Waals surface area contributed by atoms with E-state index in [-0.39, 0.29) is 5.88 Å². The second-order valence-electron chi connectivity index (χ2n) is 3.44. The van der Waals surface area contributed by atoms with Gasteiger partial charge in [-0.2, -0.15) is 0 Å². The van der Waals surface area contributed by atoms with Crippen LogP contribution in [0.5, 0.6) is 5.88 Å². The second-order valence-corrected chi connectivity index (χ2v) is 3.44. The minimum Gasteiger partial charge on any atom is -0.493 e. The number of H-pyrrole nitrogens is 2. The molecule has 5 N–H and O–H groups in total. The normalized spacial score (nSPS) is 11.8. The number of amidine groups is 1. The quantitative estimate of drug-likeness (QED) is 0.213. The molecule has 0 aliphatic heterocycles. The first kappa shape index (κ1) is 12.3. The van der Waals surface area contributed by atoms with Crippen molar-refractivity contribution in [1.82, 2.24) is 15.4 Å². The fourth-order valence-corrected chi connectivity index (χ4v) is 1.29. The molecule has 0 atom stereocenters. The lowest BCUT2D eigenvalue weighted by Gasteiger charge is -1.99. The van der Waals surface area contributed by atoms with Crippen molar-refractivity contribution in [3.05, 3.63) is 16.2 Å². The molecule has 0 radical (unpaired) electrons. The summed E-state index contributed by atoms with van der Waals surface area (Å²) >= 11 is 0. The van der Waals surface area contributed by atoms with Crippen molar-refractivity contribution in [1.29, 1.82) is 0 Å². The third kappa shape index (κ3) is 3.77. The fourth-order valence-electron chi connectivity index (χ4n) is 1.29. The van der Waals surface area contributed by atoms with Gasteiger partial charge in [0.05, 0.1) is 5.69 Å². The number of nitrogens with one attached hydrogen (secondary N) is 3. The lowest BCUT2D eigenvalue weighted by atomic mass is 10.2. The molecule has 0 amide bonds. The lowest BCUT2D eigenvalue weighted by Crippen LogP contribution is -2.14. The number of unbranched alkanes of at least 4 members (excludes halogenated alkanes) is 1. The Morgan fingerprint density at radius 2 is 2.19 bits per heavy atom. The van der Waals surface area contributed by atoms with E-state index in [0.717, 1.165) is 12.8 Å². The van der Waals surface area contributed by atoms with E-state index in [0.29, 0.717) is 24.5 Å². The minimum atomic E-state index is -0.397. The van der Waals surface area contributed by atoms with Gasteiger partial charge < -0.3 is 10.1 Å². The molecule has 0 aliphatic rings. The van der Waals surface area contributed by atoms with E-state index in [1.165, 1.54) is 0 Å². The van der Waals surface area contributed by atoms with Crippen LogP contribution in [0.2, 0.25) is 0 Å². The zero-order chi connectivity index (χ0) is 12.0. The predicted octanol–water partition coefficient (Wildman–Crippen LogP) is 0.128. The lowest BCUT2D eigenvalue weighted by molar-refractivity contribution is 0.233. The fraction of sp³-hybridized carbons (Fsp3) is 0.556. The molecule has 1 heterocycles. The molecule has 0 aromatic carbocycles. The van der Waals surface area contributed by atoms with Gasteiger partial charge in [0.2, 0.25) is 5.88 Å². The number of imidazole rings is 1. The van der Waals surface area contributed by atoms with Crippen LogP contribution in [0.4, 0.5) is 0 Å². The van der Waals surface area contributed by atoms with Gasteiger partial charge in [0, 0.05) is 6.54 Å². The molecule has 1 rings (SSSR count). The average molecular weight is 228 g/mol. The summed E-state index contributed by atoms with van der Waals surface area (Å²) in [6, 6.07) is 0. The van der Waals surface area contributed by atoms with E-state index in [1.807, 2.05) is 5.48 Å². The first-order valence-corrected chi connectivity index (χ1v) is 5.04. The minimum absolute atomic E-state index is 0.0956. The molecular weight excluding hydrogens is 212 g/mol.